The summed E-state index contributed by atoms with van der Waals surface area (Å²) in [5.41, 5.74) is 1.03. The van der Waals surface area contributed by atoms with Gasteiger partial charge in [-0.25, -0.2) is 0 Å². The summed E-state index contributed by atoms with van der Waals surface area (Å²) in [6.07, 6.45) is -5.70. The molecule has 0 bridgehead atoms. The molecule has 3 aliphatic rings. The van der Waals surface area contributed by atoms with Gasteiger partial charge in [-0.15, -0.1) is 0 Å². The monoisotopic (exact) mass is 346 g/mol. The van der Waals surface area contributed by atoms with Crippen LogP contribution < -0.4 is 0 Å². The Morgan fingerprint density at radius 3 is 2.50 bits per heavy atom. The second-order valence-corrected chi connectivity index (χ2v) is 7.05. The Bertz CT molecular complexity index is 481. The highest BCUT2D eigenvalue weighted by molar-refractivity contribution is 5.12. The Kier molecular flexibility index (Phi) is 5.17. The van der Waals surface area contributed by atoms with Crippen LogP contribution in [0.5, 0.6) is 0 Å². The van der Waals surface area contributed by atoms with Crippen molar-refractivity contribution in [1.82, 2.24) is 0 Å². The van der Waals surface area contributed by atoms with Gasteiger partial charge in [-0.3, -0.25) is 0 Å². The average Bonchev–Trinajstić information content (AvgIpc) is 2.87. The van der Waals surface area contributed by atoms with Crippen LogP contribution in [0.4, 0.5) is 0 Å². The lowest BCUT2D eigenvalue weighted by molar-refractivity contribution is -0.342. The summed E-state index contributed by atoms with van der Waals surface area (Å²) in [5, 5.41) is 49.2. The van der Waals surface area contributed by atoms with Gasteiger partial charge in [0, 0.05) is 5.92 Å². The Hall–Kier alpha value is -0.740. The fourth-order valence-corrected chi connectivity index (χ4v) is 3.97. The van der Waals surface area contributed by atoms with Crippen molar-refractivity contribution in [2.24, 2.45) is 17.8 Å². The third kappa shape index (κ3) is 2.96. The first-order valence-corrected chi connectivity index (χ1v) is 8.31. The standard InChI is InChI=1S/C16H26O8/c1-6-5-22-15(11-7(2)9(18)3-8(6)11)24-16-14(21)13(20)12(19)10(4-17)23-16/h5,7-21H,3-4H2,1-2H3/t7-,8-,9+,10-,11-,12-,13+,14-,15+,16+/m1/s1. The molecule has 1 saturated heterocycles. The van der Waals surface area contributed by atoms with Crippen LogP contribution >= 0.6 is 0 Å². The van der Waals surface area contributed by atoms with E-state index in [-0.39, 0.29) is 17.8 Å². The molecule has 2 heterocycles. The van der Waals surface area contributed by atoms with Crippen molar-refractivity contribution in [3.8, 4) is 0 Å². The van der Waals surface area contributed by atoms with E-state index in [4.69, 9.17) is 14.2 Å². The van der Waals surface area contributed by atoms with Gasteiger partial charge >= 0.3 is 0 Å². The second kappa shape index (κ2) is 6.87. The first-order valence-electron chi connectivity index (χ1n) is 8.31. The Morgan fingerprint density at radius 2 is 1.83 bits per heavy atom. The van der Waals surface area contributed by atoms with Crippen LogP contribution in [-0.4, -0.2) is 75.2 Å². The number of aliphatic hydroxyl groups is 5. The van der Waals surface area contributed by atoms with Crippen LogP contribution in [0.2, 0.25) is 0 Å². The summed E-state index contributed by atoms with van der Waals surface area (Å²) in [5.74, 6) is -0.0652. The predicted molar refractivity (Wildman–Crippen MR) is 80.3 cm³/mol. The van der Waals surface area contributed by atoms with E-state index >= 15 is 0 Å². The number of hydrogen-bond acceptors (Lipinski definition) is 8. The zero-order chi connectivity index (χ0) is 17.6. The first kappa shape index (κ1) is 18.1. The molecule has 10 atom stereocenters. The molecule has 1 saturated carbocycles. The molecule has 0 aromatic carbocycles. The smallest absolute Gasteiger partial charge is 0.205 e. The Balaban J connectivity index is 1.75. The Morgan fingerprint density at radius 1 is 1.12 bits per heavy atom. The molecule has 0 aromatic rings. The SMILES string of the molecule is CC1=CO[C@@H](O[C@@H]2O[C@H](CO)[C@@H](O)[C@H](O)[C@H]2O)[C@@H]2[C@H](C)[C@@H](O)C[C@H]12. The van der Waals surface area contributed by atoms with Gasteiger partial charge in [-0.2, -0.15) is 0 Å². The van der Waals surface area contributed by atoms with Gasteiger partial charge in [0.15, 0.2) is 6.29 Å². The maximum atomic E-state index is 10.2. The quantitative estimate of drug-likeness (QED) is 0.426. The molecule has 0 amide bonds. The van der Waals surface area contributed by atoms with Crippen LogP contribution in [0, 0.1) is 17.8 Å². The van der Waals surface area contributed by atoms with Crippen molar-refractivity contribution in [2.45, 2.75) is 63.4 Å². The van der Waals surface area contributed by atoms with E-state index in [1.54, 1.807) is 6.26 Å². The molecule has 2 aliphatic heterocycles. The highest BCUT2D eigenvalue weighted by Gasteiger charge is 2.51. The van der Waals surface area contributed by atoms with Gasteiger partial charge in [0.05, 0.1) is 19.0 Å². The highest BCUT2D eigenvalue weighted by atomic mass is 16.8. The molecular formula is C16H26O8. The van der Waals surface area contributed by atoms with Crippen molar-refractivity contribution in [1.29, 1.82) is 0 Å². The van der Waals surface area contributed by atoms with E-state index in [1.165, 1.54) is 0 Å². The zero-order valence-corrected chi connectivity index (χ0v) is 13.7. The number of hydrogen-bond donors (Lipinski definition) is 5. The van der Waals surface area contributed by atoms with E-state index in [1.807, 2.05) is 13.8 Å². The van der Waals surface area contributed by atoms with E-state index in [2.05, 4.69) is 0 Å². The van der Waals surface area contributed by atoms with Gasteiger partial charge in [0.1, 0.15) is 24.4 Å². The summed E-state index contributed by atoms with van der Waals surface area (Å²) >= 11 is 0. The number of rotatable bonds is 3. The van der Waals surface area contributed by atoms with E-state index < -0.39 is 49.7 Å². The molecule has 0 aromatic heterocycles. The van der Waals surface area contributed by atoms with Gasteiger partial charge in [0.25, 0.3) is 0 Å². The van der Waals surface area contributed by atoms with Gasteiger partial charge in [0.2, 0.25) is 6.29 Å². The third-order valence-corrected chi connectivity index (χ3v) is 5.58. The van der Waals surface area contributed by atoms with Gasteiger partial charge < -0.3 is 39.7 Å². The average molecular weight is 346 g/mol. The summed E-state index contributed by atoms with van der Waals surface area (Å²) in [4.78, 5) is 0. The van der Waals surface area contributed by atoms with Crippen LogP contribution in [0.3, 0.4) is 0 Å². The minimum absolute atomic E-state index is 0.0615. The molecule has 138 valence electrons. The minimum Gasteiger partial charge on any atom is -0.472 e. The molecule has 3 rings (SSSR count). The molecule has 1 aliphatic carbocycles. The largest absolute Gasteiger partial charge is 0.472 e. The second-order valence-electron chi connectivity index (χ2n) is 7.05. The minimum atomic E-state index is -1.50. The van der Waals surface area contributed by atoms with Crippen molar-refractivity contribution in [3.63, 3.8) is 0 Å². The molecule has 0 spiro atoms. The number of ether oxygens (including phenoxy) is 3. The molecule has 0 radical (unpaired) electrons. The number of aliphatic hydroxyl groups excluding tert-OH is 5. The van der Waals surface area contributed by atoms with Crippen LogP contribution in [-0.2, 0) is 14.2 Å². The predicted octanol–water partition coefficient (Wildman–Crippen LogP) is -1.30. The maximum absolute atomic E-state index is 10.2. The van der Waals surface area contributed by atoms with E-state index in [9.17, 15) is 25.5 Å². The number of allylic oxidation sites excluding steroid dienone is 1. The normalized spacial score (nSPS) is 51.7. The summed E-state index contributed by atoms with van der Waals surface area (Å²) in [6.45, 7) is 3.34. The third-order valence-electron chi connectivity index (χ3n) is 5.58. The van der Waals surface area contributed by atoms with Crippen LogP contribution in [0.1, 0.15) is 20.3 Å². The fraction of sp³-hybridized carbons (Fsp3) is 0.875. The van der Waals surface area contributed by atoms with Gasteiger partial charge in [-0.05, 0) is 30.8 Å². The number of fused-ring (bicyclic) bond motifs is 1. The molecule has 0 unspecified atom stereocenters. The lowest BCUT2D eigenvalue weighted by Gasteiger charge is -2.43. The summed E-state index contributed by atoms with van der Waals surface area (Å²) in [6, 6.07) is 0. The van der Waals surface area contributed by atoms with E-state index in [0.29, 0.717) is 6.42 Å². The molecule has 8 heteroatoms. The lowest BCUT2D eigenvalue weighted by atomic mass is 9.84. The van der Waals surface area contributed by atoms with Crippen molar-refractivity contribution in [2.75, 3.05) is 6.61 Å². The van der Waals surface area contributed by atoms with Crippen molar-refractivity contribution in [3.05, 3.63) is 11.8 Å². The van der Waals surface area contributed by atoms with E-state index in [0.717, 1.165) is 5.57 Å². The lowest BCUT2D eigenvalue weighted by Crippen LogP contribution is -2.60. The topological polar surface area (TPSA) is 129 Å². The molecule has 5 N–H and O–H groups in total. The molecule has 8 nitrogen and oxygen atoms in total. The van der Waals surface area contributed by atoms with Crippen molar-refractivity contribution < 1.29 is 39.7 Å². The van der Waals surface area contributed by atoms with Gasteiger partial charge in [-0.1, -0.05) is 6.92 Å². The maximum Gasteiger partial charge on any atom is 0.205 e. The van der Waals surface area contributed by atoms with Crippen LogP contribution in [0.25, 0.3) is 0 Å². The molecular weight excluding hydrogens is 320 g/mol. The fourth-order valence-electron chi connectivity index (χ4n) is 3.97. The molecule has 2 fully saturated rings. The summed E-state index contributed by atoms with van der Waals surface area (Å²) < 4.78 is 16.7. The van der Waals surface area contributed by atoms with Crippen molar-refractivity contribution >= 4 is 0 Å². The first-order chi connectivity index (χ1) is 11.3. The zero-order valence-electron chi connectivity index (χ0n) is 13.7. The highest BCUT2D eigenvalue weighted by Crippen LogP contribution is 2.47. The Labute approximate surface area is 140 Å². The van der Waals surface area contributed by atoms with Crippen LogP contribution in [0.15, 0.2) is 11.8 Å². The molecule has 24 heavy (non-hydrogen) atoms. The summed E-state index contributed by atoms with van der Waals surface area (Å²) in [7, 11) is 0.